The number of ether oxygens (including phenoxy) is 1. The van der Waals surface area contributed by atoms with Crippen molar-refractivity contribution in [3.05, 3.63) is 17.5 Å². The molecule has 1 amide bonds. The van der Waals surface area contributed by atoms with E-state index in [1.807, 2.05) is 19.9 Å². The van der Waals surface area contributed by atoms with Crippen LogP contribution in [0.2, 0.25) is 0 Å². The van der Waals surface area contributed by atoms with Gasteiger partial charge in [0, 0.05) is 25.3 Å². The highest BCUT2D eigenvalue weighted by Crippen LogP contribution is 2.41. The van der Waals surface area contributed by atoms with Gasteiger partial charge in [-0.2, -0.15) is 5.10 Å². The zero-order chi connectivity index (χ0) is 13.9. The van der Waals surface area contributed by atoms with Crippen LogP contribution in [-0.4, -0.2) is 35.9 Å². The molecule has 1 heterocycles. The number of aromatic amines is 1. The number of carbonyl (C=O) groups is 1. The molecule has 1 atom stereocenters. The number of hydrogen-bond donors (Lipinski definition) is 2. The topological polar surface area (TPSA) is 67.0 Å². The molecule has 1 fully saturated rings. The van der Waals surface area contributed by atoms with E-state index in [2.05, 4.69) is 15.5 Å². The summed E-state index contributed by atoms with van der Waals surface area (Å²) in [6, 6.07) is 2.10. The predicted octanol–water partition coefficient (Wildman–Crippen LogP) is 1.58. The molecule has 0 aromatic carbocycles. The molecule has 2 rings (SSSR count). The maximum atomic E-state index is 12.3. The summed E-state index contributed by atoms with van der Waals surface area (Å²) in [6.45, 7) is 4.51. The lowest BCUT2D eigenvalue weighted by Gasteiger charge is -2.40. The molecule has 1 aromatic rings. The number of rotatable bonds is 6. The third kappa shape index (κ3) is 3.15. The van der Waals surface area contributed by atoms with Gasteiger partial charge >= 0.3 is 0 Å². The van der Waals surface area contributed by atoms with Crippen molar-refractivity contribution >= 4 is 5.91 Å². The Bertz CT molecular complexity index is 438. The second-order valence-electron chi connectivity index (χ2n) is 5.69. The highest BCUT2D eigenvalue weighted by Gasteiger charge is 2.44. The third-order valence-corrected chi connectivity index (χ3v) is 3.86. The van der Waals surface area contributed by atoms with Gasteiger partial charge in [-0.05, 0) is 32.8 Å². The standard InChI is InChI=1S/C14H23N3O2/c1-10(7-12-8-11(2)16-17-12)15-13(18)14(9-19-3)5-4-6-14/h8,10H,4-7,9H2,1-3H3,(H,15,18)(H,16,17)/t10-/m1/s1. The fourth-order valence-corrected chi connectivity index (χ4v) is 2.64. The minimum atomic E-state index is -0.287. The minimum absolute atomic E-state index is 0.0875. The second-order valence-corrected chi connectivity index (χ2v) is 5.69. The van der Waals surface area contributed by atoms with Crippen LogP contribution in [0.15, 0.2) is 6.07 Å². The molecule has 1 saturated carbocycles. The van der Waals surface area contributed by atoms with Gasteiger partial charge in [-0.25, -0.2) is 0 Å². The van der Waals surface area contributed by atoms with Gasteiger partial charge in [0.1, 0.15) is 0 Å². The Morgan fingerprint density at radius 1 is 1.63 bits per heavy atom. The van der Waals surface area contributed by atoms with Gasteiger partial charge < -0.3 is 10.1 Å². The molecule has 0 saturated heterocycles. The van der Waals surface area contributed by atoms with Crippen LogP contribution < -0.4 is 5.32 Å². The van der Waals surface area contributed by atoms with Crippen LogP contribution in [0.25, 0.3) is 0 Å². The van der Waals surface area contributed by atoms with Gasteiger partial charge in [-0.1, -0.05) is 6.42 Å². The molecule has 0 radical (unpaired) electrons. The first-order valence-corrected chi connectivity index (χ1v) is 6.86. The first kappa shape index (κ1) is 14.1. The second kappa shape index (κ2) is 5.74. The Balaban J connectivity index is 1.87. The Morgan fingerprint density at radius 2 is 2.37 bits per heavy atom. The monoisotopic (exact) mass is 265 g/mol. The maximum Gasteiger partial charge on any atom is 0.228 e. The molecule has 0 aliphatic heterocycles. The number of carbonyl (C=O) groups excluding carboxylic acids is 1. The highest BCUT2D eigenvalue weighted by atomic mass is 16.5. The van der Waals surface area contributed by atoms with E-state index in [9.17, 15) is 4.79 Å². The number of methoxy groups -OCH3 is 1. The van der Waals surface area contributed by atoms with Crippen LogP contribution in [0.4, 0.5) is 0 Å². The van der Waals surface area contributed by atoms with Crippen molar-refractivity contribution in [3.63, 3.8) is 0 Å². The van der Waals surface area contributed by atoms with Crippen molar-refractivity contribution in [1.29, 1.82) is 0 Å². The molecule has 5 heteroatoms. The summed E-state index contributed by atoms with van der Waals surface area (Å²) >= 11 is 0. The average Bonchev–Trinajstić information content (AvgIpc) is 2.68. The van der Waals surface area contributed by atoms with Gasteiger partial charge in [-0.3, -0.25) is 9.89 Å². The van der Waals surface area contributed by atoms with Crippen molar-refractivity contribution in [2.75, 3.05) is 13.7 Å². The van der Waals surface area contributed by atoms with E-state index < -0.39 is 0 Å². The van der Waals surface area contributed by atoms with E-state index >= 15 is 0 Å². The van der Waals surface area contributed by atoms with Crippen LogP contribution in [0.1, 0.15) is 37.6 Å². The molecule has 1 aliphatic rings. The number of aryl methyl sites for hydroxylation is 1. The van der Waals surface area contributed by atoms with Crippen molar-refractivity contribution in [3.8, 4) is 0 Å². The van der Waals surface area contributed by atoms with Crippen molar-refractivity contribution in [1.82, 2.24) is 15.5 Å². The normalized spacial score (nSPS) is 18.7. The first-order valence-electron chi connectivity index (χ1n) is 6.86. The van der Waals surface area contributed by atoms with Crippen molar-refractivity contribution < 1.29 is 9.53 Å². The molecular formula is C14H23N3O2. The SMILES string of the molecule is COCC1(C(=O)N[C@H](C)Cc2cc(C)[nH]n2)CCC1. The van der Waals surface area contributed by atoms with E-state index in [1.54, 1.807) is 7.11 Å². The Hall–Kier alpha value is -1.36. The summed E-state index contributed by atoms with van der Waals surface area (Å²) < 4.78 is 5.20. The van der Waals surface area contributed by atoms with Gasteiger partial charge in [-0.15, -0.1) is 0 Å². The molecule has 2 N–H and O–H groups in total. The fourth-order valence-electron chi connectivity index (χ4n) is 2.64. The zero-order valence-electron chi connectivity index (χ0n) is 12.0. The largest absolute Gasteiger partial charge is 0.384 e. The molecule has 0 unspecified atom stereocenters. The molecular weight excluding hydrogens is 242 g/mol. The molecule has 5 nitrogen and oxygen atoms in total. The van der Waals surface area contributed by atoms with Crippen LogP contribution in [-0.2, 0) is 16.0 Å². The van der Waals surface area contributed by atoms with E-state index in [0.29, 0.717) is 6.61 Å². The minimum Gasteiger partial charge on any atom is -0.384 e. The maximum absolute atomic E-state index is 12.3. The van der Waals surface area contributed by atoms with E-state index in [1.165, 1.54) is 0 Å². The van der Waals surface area contributed by atoms with Gasteiger partial charge in [0.25, 0.3) is 0 Å². The molecule has 0 spiro atoms. The van der Waals surface area contributed by atoms with Gasteiger partial charge in [0.2, 0.25) is 5.91 Å². The van der Waals surface area contributed by atoms with Crippen LogP contribution in [0, 0.1) is 12.3 Å². The van der Waals surface area contributed by atoms with Crippen LogP contribution >= 0.6 is 0 Å². The third-order valence-electron chi connectivity index (χ3n) is 3.86. The zero-order valence-corrected chi connectivity index (χ0v) is 12.0. The molecule has 0 bridgehead atoms. The Morgan fingerprint density at radius 3 is 2.84 bits per heavy atom. The summed E-state index contributed by atoms with van der Waals surface area (Å²) in [7, 11) is 1.66. The summed E-state index contributed by atoms with van der Waals surface area (Å²) in [5.74, 6) is 0.125. The number of nitrogens with one attached hydrogen (secondary N) is 2. The number of aromatic nitrogens is 2. The summed E-state index contributed by atoms with van der Waals surface area (Å²) in [5, 5.41) is 10.2. The highest BCUT2D eigenvalue weighted by molar-refractivity contribution is 5.83. The summed E-state index contributed by atoms with van der Waals surface area (Å²) in [5.41, 5.74) is 1.74. The molecule has 106 valence electrons. The number of nitrogens with zero attached hydrogens (tertiary/aromatic N) is 1. The number of H-pyrrole nitrogens is 1. The lowest BCUT2D eigenvalue weighted by molar-refractivity contribution is -0.141. The average molecular weight is 265 g/mol. The smallest absolute Gasteiger partial charge is 0.228 e. The van der Waals surface area contributed by atoms with Gasteiger partial charge in [0.05, 0.1) is 17.7 Å². The van der Waals surface area contributed by atoms with E-state index in [4.69, 9.17) is 4.74 Å². The summed E-state index contributed by atoms with van der Waals surface area (Å²) in [6.07, 6.45) is 3.73. The number of amides is 1. The lowest BCUT2D eigenvalue weighted by Crippen LogP contribution is -2.51. The lowest BCUT2D eigenvalue weighted by atomic mass is 9.68. The Kier molecular flexibility index (Phi) is 4.24. The summed E-state index contributed by atoms with van der Waals surface area (Å²) in [4.78, 5) is 12.3. The van der Waals surface area contributed by atoms with Crippen LogP contribution in [0.5, 0.6) is 0 Å². The number of hydrogen-bond acceptors (Lipinski definition) is 3. The van der Waals surface area contributed by atoms with Crippen molar-refractivity contribution in [2.24, 2.45) is 5.41 Å². The Labute approximate surface area is 114 Å². The quantitative estimate of drug-likeness (QED) is 0.820. The van der Waals surface area contributed by atoms with Crippen molar-refractivity contribution in [2.45, 2.75) is 45.6 Å². The molecule has 19 heavy (non-hydrogen) atoms. The first-order chi connectivity index (χ1) is 9.05. The van der Waals surface area contributed by atoms with E-state index in [0.717, 1.165) is 37.1 Å². The molecule has 1 aromatic heterocycles. The van der Waals surface area contributed by atoms with Crippen LogP contribution in [0.3, 0.4) is 0 Å². The molecule has 1 aliphatic carbocycles. The van der Waals surface area contributed by atoms with Gasteiger partial charge in [0.15, 0.2) is 0 Å². The predicted molar refractivity (Wildman–Crippen MR) is 72.8 cm³/mol. The fraction of sp³-hybridized carbons (Fsp3) is 0.714. The van der Waals surface area contributed by atoms with E-state index in [-0.39, 0.29) is 17.4 Å².